The molecule has 0 spiro atoms. The third-order valence-electron chi connectivity index (χ3n) is 2.52. The average Bonchev–Trinajstić information content (AvgIpc) is 2.80. The normalized spacial score (nSPS) is 19.1. The van der Waals surface area contributed by atoms with E-state index in [2.05, 4.69) is 39.3 Å². The van der Waals surface area contributed by atoms with Gasteiger partial charge < -0.3 is 4.52 Å². The van der Waals surface area contributed by atoms with Crippen molar-refractivity contribution in [1.82, 2.24) is 5.16 Å². The van der Waals surface area contributed by atoms with E-state index in [1.807, 2.05) is 17.8 Å². The first-order valence-corrected chi connectivity index (χ1v) is 6.49. The van der Waals surface area contributed by atoms with Crippen LogP contribution in [0.1, 0.15) is 22.1 Å². The lowest BCUT2D eigenvalue weighted by Crippen LogP contribution is -1.94. The predicted molar refractivity (Wildman–Crippen MR) is 63.8 cm³/mol. The van der Waals surface area contributed by atoms with E-state index in [-0.39, 0.29) is 0 Å². The largest absolute Gasteiger partial charge is 0.364 e. The maximum absolute atomic E-state index is 5.00. The van der Waals surface area contributed by atoms with Gasteiger partial charge in [-0.2, -0.15) is 0 Å². The van der Waals surface area contributed by atoms with Crippen LogP contribution in [0.25, 0.3) is 0 Å². The Morgan fingerprint density at radius 3 is 3.13 bits per heavy atom. The number of fused-ring (bicyclic) bond motifs is 1. The van der Waals surface area contributed by atoms with Gasteiger partial charge in [0.1, 0.15) is 12.0 Å². The average molecular weight is 282 g/mol. The standard InChI is InChI=1S/C11H8BrNOS/c12-9-4-2-1-3-8(9)11-10-7(6-15-11)5-14-13-10/h1-5,11H,6H2. The van der Waals surface area contributed by atoms with Crippen molar-refractivity contribution in [2.45, 2.75) is 11.0 Å². The molecular formula is C11H8BrNOS. The summed E-state index contributed by atoms with van der Waals surface area (Å²) in [6.07, 6.45) is 1.75. The fourth-order valence-corrected chi connectivity index (χ4v) is 3.73. The van der Waals surface area contributed by atoms with Crippen LogP contribution in [0.2, 0.25) is 0 Å². The van der Waals surface area contributed by atoms with E-state index < -0.39 is 0 Å². The van der Waals surface area contributed by atoms with Crippen LogP contribution >= 0.6 is 27.7 Å². The molecule has 0 radical (unpaired) electrons. The molecule has 2 heterocycles. The van der Waals surface area contributed by atoms with E-state index in [0.717, 1.165) is 15.9 Å². The molecule has 76 valence electrons. The summed E-state index contributed by atoms with van der Waals surface area (Å²) in [5.74, 6) is 0.991. The van der Waals surface area contributed by atoms with E-state index >= 15 is 0 Å². The fourth-order valence-electron chi connectivity index (χ4n) is 1.77. The van der Waals surface area contributed by atoms with Crippen LogP contribution in [0, 0.1) is 0 Å². The Morgan fingerprint density at radius 2 is 2.27 bits per heavy atom. The smallest absolute Gasteiger partial charge is 0.128 e. The molecule has 3 rings (SSSR count). The van der Waals surface area contributed by atoms with Gasteiger partial charge in [0.2, 0.25) is 0 Å². The van der Waals surface area contributed by atoms with Crippen molar-refractivity contribution in [2.24, 2.45) is 0 Å². The summed E-state index contributed by atoms with van der Waals surface area (Å²) in [5.41, 5.74) is 3.57. The van der Waals surface area contributed by atoms with Gasteiger partial charge in [0.25, 0.3) is 0 Å². The highest BCUT2D eigenvalue weighted by Crippen LogP contribution is 2.46. The van der Waals surface area contributed by atoms with Gasteiger partial charge in [0, 0.05) is 15.8 Å². The summed E-state index contributed by atoms with van der Waals surface area (Å²) < 4.78 is 6.14. The quantitative estimate of drug-likeness (QED) is 0.796. The lowest BCUT2D eigenvalue weighted by molar-refractivity contribution is 0.412. The van der Waals surface area contributed by atoms with Gasteiger partial charge in [-0.25, -0.2) is 0 Å². The highest BCUT2D eigenvalue weighted by Gasteiger charge is 2.29. The third kappa shape index (κ3) is 1.52. The Hall–Kier alpha value is -0.740. The second-order valence-corrected chi connectivity index (χ2v) is 5.39. The summed E-state index contributed by atoms with van der Waals surface area (Å²) in [6, 6.07) is 8.27. The molecule has 0 saturated carbocycles. The summed E-state index contributed by atoms with van der Waals surface area (Å²) in [6.45, 7) is 0. The van der Waals surface area contributed by atoms with Crippen molar-refractivity contribution < 1.29 is 4.52 Å². The Balaban J connectivity index is 2.08. The first kappa shape index (κ1) is 9.48. The monoisotopic (exact) mass is 281 g/mol. The molecule has 1 unspecified atom stereocenters. The number of benzene rings is 1. The second-order valence-electron chi connectivity index (χ2n) is 3.44. The van der Waals surface area contributed by atoms with Crippen LogP contribution in [-0.2, 0) is 5.75 Å². The molecule has 0 aliphatic carbocycles. The molecule has 0 fully saturated rings. The van der Waals surface area contributed by atoms with E-state index in [0.29, 0.717) is 5.25 Å². The minimum Gasteiger partial charge on any atom is -0.364 e. The van der Waals surface area contributed by atoms with E-state index in [9.17, 15) is 0 Å². The first-order valence-electron chi connectivity index (χ1n) is 4.65. The van der Waals surface area contributed by atoms with Gasteiger partial charge in [-0.3, -0.25) is 0 Å². The first-order chi connectivity index (χ1) is 7.36. The Labute approximate surface area is 100 Å². The lowest BCUT2D eigenvalue weighted by atomic mass is 10.1. The number of aromatic nitrogens is 1. The van der Waals surface area contributed by atoms with Crippen LogP contribution < -0.4 is 0 Å². The number of halogens is 1. The maximum atomic E-state index is 5.00. The number of rotatable bonds is 1. The molecule has 4 heteroatoms. The molecule has 0 saturated heterocycles. The molecule has 2 nitrogen and oxygen atoms in total. The topological polar surface area (TPSA) is 26.0 Å². The summed E-state index contributed by atoms with van der Waals surface area (Å²) >= 11 is 5.47. The molecule has 0 N–H and O–H groups in total. The number of thioether (sulfide) groups is 1. The molecule has 1 aliphatic rings. The van der Waals surface area contributed by atoms with Gasteiger partial charge in [-0.1, -0.05) is 39.3 Å². The van der Waals surface area contributed by atoms with Crippen LogP contribution in [0.15, 0.2) is 39.5 Å². The van der Waals surface area contributed by atoms with Crippen LogP contribution in [0.5, 0.6) is 0 Å². The third-order valence-corrected chi connectivity index (χ3v) is 4.53. The molecule has 1 aromatic heterocycles. The molecule has 1 atom stereocenters. The zero-order valence-electron chi connectivity index (χ0n) is 7.81. The van der Waals surface area contributed by atoms with Crippen LogP contribution in [0.3, 0.4) is 0 Å². The summed E-state index contributed by atoms with van der Waals surface area (Å²) in [4.78, 5) is 0. The zero-order valence-corrected chi connectivity index (χ0v) is 10.2. The van der Waals surface area contributed by atoms with Crippen molar-refractivity contribution >= 4 is 27.7 Å². The zero-order chi connectivity index (χ0) is 10.3. The maximum Gasteiger partial charge on any atom is 0.128 e. The predicted octanol–water partition coefficient (Wildman–Crippen LogP) is 3.77. The SMILES string of the molecule is Brc1ccccc1C1SCc2conc21. The molecule has 1 aromatic carbocycles. The Morgan fingerprint density at radius 1 is 1.40 bits per heavy atom. The van der Waals surface area contributed by atoms with E-state index in [1.54, 1.807) is 6.26 Å². The van der Waals surface area contributed by atoms with Crippen molar-refractivity contribution in [3.05, 3.63) is 51.8 Å². The van der Waals surface area contributed by atoms with Crippen LogP contribution in [-0.4, -0.2) is 5.16 Å². The van der Waals surface area contributed by atoms with Gasteiger partial charge in [-0.15, -0.1) is 11.8 Å². The Bertz CT molecular complexity index is 497. The van der Waals surface area contributed by atoms with Crippen molar-refractivity contribution in [3.8, 4) is 0 Å². The minimum atomic E-state index is 0.314. The number of hydrogen-bond acceptors (Lipinski definition) is 3. The molecule has 1 aliphatic heterocycles. The highest BCUT2D eigenvalue weighted by molar-refractivity contribution is 9.10. The molecule has 15 heavy (non-hydrogen) atoms. The van der Waals surface area contributed by atoms with Gasteiger partial charge in [0.15, 0.2) is 0 Å². The van der Waals surface area contributed by atoms with Gasteiger partial charge >= 0.3 is 0 Å². The minimum absolute atomic E-state index is 0.314. The lowest BCUT2D eigenvalue weighted by Gasteiger charge is -2.10. The van der Waals surface area contributed by atoms with Crippen LogP contribution in [0.4, 0.5) is 0 Å². The van der Waals surface area contributed by atoms with Crippen molar-refractivity contribution in [3.63, 3.8) is 0 Å². The van der Waals surface area contributed by atoms with E-state index in [1.165, 1.54) is 11.1 Å². The second kappa shape index (κ2) is 3.68. The highest BCUT2D eigenvalue weighted by atomic mass is 79.9. The van der Waals surface area contributed by atoms with E-state index in [4.69, 9.17) is 4.52 Å². The molecule has 2 aromatic rings. The Kier molecular flexibility index (Phi) is 2.33. The summed E-state index contributed by atoms with van der Waals surface area (Å²) in [5, 5.41) is 4.39. The number of nitrogens with zero attached hydrogens (tertiary/aromatic N) is 1. The van der Waals surface area contributed by atoms with Crippen molar-refractivity contribution in [1.29, 1.82) is 0 Å². The molecular weight excluding hydrogens is 274 g/mol. The summed E-state index contributed by atoms with van der Waals surface area (Å²) in [7, 11) is 0. The molecule has 0 bridgehead atoms. The molecule has 0 amide bonds. The van der Waals surface area contributed by atoms with Crippen molar-refractivity contribution in [2.75, 3.05) is 0 Å². The number of hydrogen-bond donors (Lipinski definition) is 0. The fraction of sp³-hybridized carbons (Fsp3) is 0.182. The van der Waals surface area contributed by atoms with Gasteiger partial charge in [-0.05, 0) is 11.6 Å². The van der Waals surface area contributed by atoms with Gasteiger partial charge in [0.05, 0.1) is 5.25 Å².